The molecular formula is C22H24N4O. The third-order valence-electron chi connectivity index (χ3n) is 5.34. The van der Waals surface area contributed by atoms with Gasteiger partial charge in [-0.1, -0.05) is 38.0 Å². The van der Waals surface area contributed by atoms with Crippen molar-refractivity contribution in [1.29, 1.82) is 0 Å². The van der Waals surface area contributed by atoms with Crippen LogP contribution in [0.2, 0.25) is 0 Å². The molecule has 27 heavy (non-hydrogen) atoms. The molecule has 1 aliphatic carbocycles. The molecule has 138 valence electrons. The van der Waals surface area contributed by atoms with E-state index in [0.717, 1.165) is 17.7 Å². The quantitative estimate of drug-likeness (QED) is 0.757. The minimum Gasteiger partial charge on any atom is -0.349 e. The topological polar surface area (TPSA) is 59.8 Å². The Kier molecular flexibility index (Phi) is 5.01. The Morgan fingerprint density at radius 2 is 1.93 bits per heavy atom. The molecule has 1 aliphatic rings. The highest BCUT2D eigenvalue weighted by molar-refractivity contribution is 6.00. The van der Waals surface area contributed by atoms with Crippen LogP contribution in [0.25, 0.3) is 16.9 Å². The fraction of sp³-hybridized carbons (Fsp3) is 0.318. The molecule has 1 saturated carbocycles. The number of carbonyl (C=O) groups is 1. The number of hydrogen-bond donors (Lipinski definition) is 1. The highest BCUT2D eigenvalue weighted by atomic mass is 16.1. The van der Waals surface area contributed by atoms with Crippen LogP contribution in [0.1, 0.15) is 43.0 Å². The smallest absolute Gasteiger partial charge is 0.255 e. The summed E-state index contributed by atoms with van der Waals surface area (Å²) in [6.07, 6.45) is 9.93. The SMILES string of the molecule is C[C@H]1CCCC[C@@H]1NC(=O)c1cn(-c2ccccc2)nc1-c1cccnc1. The maximum absolute atomic E-state index is 13.1. The van der Waals surface area contributed by atoms with Crippen LogP contribution >= 0.6 is 0 Å². The van der Waals surface area contributed by atoms with Crippen molar-refractivity contribution < 1.29 is 4.79 Å². The number of nitrogens with zero attached hydrogens (tertiary/aromatic N) is 3. The molecule has 0 bridgehead atoms. The van der Waals surface area contributed by atoms with Crippen molar-refractivity contribution in [3.8, 4) is 16.9 Å². The molecule has 1 aromatic carbocycles. The van der Waals surface area contributed by atoms with E-state index in [-0.39, 0.29) is 11.9 Å². The summed E-state index contributed by atoms with van der Waals surface area (Å²) in [5.41, 5.74) is 3.01. The lowest BCUT2D eigenvalue weighted by Crippen LogP contribution is -2.41. The highest BCUT2D eigenvalue weighted by Gasteiger charge is 2.26. The monoisotopic (exact) mass is 360 g/mol. The molecule has 0 spiro atoms. The molecule has 0 radical (unpaired) electrons. The predicted molar refractivity (Wildman–Crippen MR) is 106 cm³/mol. The van der Waals surface area contributed by atoms with Crippen molar-refractivity contribution in [3.63, 3.8) is 0 Å². The third kappa shape index (κ3) is 3.77. The number of aromatic nitrogens is 3. The van der Waals surface area contributed by atoms with Gasteiger partial charge in [0.25, 0.3) is 5.91 Å². The first-order valence-corrected chi connectivity index (χ1v) is 9.59. The first-order valence-electron chi connectivity index (χ1n) is 9.59. The van der Waals surface area contributed by atoms with Gasteiger partial charge in [-0.05, 0) is 43.0 Å². The molecule has 4 rings (SSSR count). The summed E-state index contributed by atoms with van der Waals surface area (Å²) in [6, 6.07) is 13.9. The summed E-state index contributed by atoms with van der Waals surface area (Å²) < 4.78 is 1.77. The zero-order chi connectivity index (χ0) is 18.6. The van der Waals surface area contributed by atoms with Gasteiger partial charge in [-0.2, -0.15) is 5.10 Å². The predicted octanol–water partition coefficient (Wildman–Crippen LogP) is 4.24. The average Bonchev–Trinajstić information content (AvgIpc) is 3.17. The molecule has 2 heterocycles. The number of pyridine rings is 1. The van der Waals surface area contributed by atoms with Gasteiger partial charge in [0.05, 0.1) is 11.3 Å². The van der Waals surface area contributed by atoms with Gasteiger partial charge in [0.1, 0.15) is 5.69 Å². The van der Waals surface area contributed by atoms with Crippen molar-refractivity contribution in [3.05, 3.63) is 66.6 Å². The first-order chi connectivity index (χ1) is 13.2. The van der Waals surface area contributed by atoms with Gasteiger partial charge < -0.3 is 5.32 Å². The van der Waals surface area contributed by atoms with Crippen LogP contribution in [0.3, 0.4) is 0 Å². The summed E-state index contributed by atoms with van der Waals surface area (Å²) in [6.45, 7) is 2.22. The average molecular weight is 360 g/mol. The van der Waals surface area contributed by atoms with Crippen LogP contribution in [0, 0.1) is 5.92 Å². The van der Waals surface area contributed by atoms with Gasteiger partial charge >= 0.3 is 0 Å². The van der Waals surface area contributed by atoms with E-state index in [1.165, 1.54) is 19.3 Å². The second-order valence-electron chi connectivity index (χ2n) is 7.25. The molecule has 5 nitrogen and oxygen atoms in total. The van der Waals surface area contributed by atoms with Gasteiger partial charge in [-0.25, -0.2) is 4.68 Å². The van der Waals surface area contributed by atoms with Crippen molar-refractivity contribution in [2.75, 3.05) is 0 Å². The molecule has 0 unspecified atom stereocenters. The van der Waals surface area contributed by atoms with E-state index >= 15 is 0 Å². The number of nitrogens with one attached hydrogen (secondary N) is 1. The molecule has 0 aliphatic heterocycles. The van der Waals surface area contributed by atoms with E-state index in [1.807, 2.05) is 48.7 Å². The lowest BCUT2D eigenvalue weighted by molar-refractivity contribution is 0.0911. The Morgan fingerprint density at radius 1 is 1.11 bits per heavy atom. The number of amides is 1. The molecule has 3 aromatic rings. The van der Waals surface area contributed by atoms with Crippen molar-refractivity contribution in [2.24, 2.45) is 5.92 Å². The summed E-state index contributed by atoms with van der Waals surface area (Å²) >= 11 is 0. The van der Waals surface area contributed by atoms with Crippen LogP contribution in [0.4, 0.5) is 0 Å². The molecule has 2 atom stereocenters. The number of carbonyl (C=O) groups excluding carboxylic acids is 1. The Balaban J connectivity index is 1.69. The standard InChI is InChI=1S/C22H24N4O/c1-16-8-5-6-12-20(16)24-22(27)19-15-26(18-10-3-2-4-11-18)25-21(19)17-9-7-13-23-14-17/h2-4,7,9-11,13-16,20H,5-6,8,12H2,1H3,(H,24,27)/t16-,20-/m0/s1. The summed E-state index contributed by atoms with van der Waals surface area (Å²) in [4.78, 5) is 17.3. The van der Waals surface area contributed by atoms with Crippen LogP contribution < -0.4 is 5.32 Å². The first kappa shape index (κ1) is 17.5. The normalized spacial score (nSPS) is 19.6. The Morgan fingerprint density at radius 3 is 2.67 bits per heavy atom. The van der Waals surface area contributed by atoms with E-state index in [0.29, 0.717) is 17.2 Å². The fourth-order valence-corrected chi connectivity index (χ4v) is 3.75. The molecule has 1 fully saturated rings. The van der Waals surface area contributed by atoms with Gasteiger partial charge in [-0.3, -0.25) is 9.78 Å². The Hall–Kier alpha value is -2.95. The fourth-order valence-electron chi connectivity index (χ4n) is 3.75. The second kappa shape index (κ2) is 7.74. The van der Waals surface area contributed by atoms with Crippen LogP contribution in [0.5, 0.6) is 0 Å². The largest absolute Gasteiger partial charge is 0.349 e. The van der Waals surface area contributed by atoms with Gasteiger partial charge in [0.15, 0.2) is 0 Å². The zero-order valence-electron chi connectivity index (χ0n) is 15.5. The molecule has 5 heteroatoms. The van der Waals surface area contributed by atoms with Gasteiger partial charge in [-0.15, -0.1) is 0 Å². The summed E-state index contributed by atoms with van der Waals surface area (Å²) in [5.74, 6) is 0.448. The Labute approximate surface area is 159 Å². The van der Waals surface area contributed by atoms with Crippen LogP contribution in [-0.2, 0) is 0 Å². The maximum Gasteiger partial charge on any atom is 0.255 e. The summed E-state index contributed by atoms with van der Waals surface area (Å²) in [5, 5.41) is 7.95. The lowest BCUT2D eigenvalue weighted by Gasteiger charge is -2.29. The van der Waals surface area contributed by atoms with E-state index in [2.05, 4.69) is 17.2 Å². The molecule has 1 amide bonds. The minimum absolute atomic E-state index is 0.0604. The van der Waals surface area contributed by atoms with Gasteiger partial charge in [0.2, 0.25) is 0 Å². The molecule has 2 aromatic heterocycles. The number of para-hydroxylation sites is 1. The molecule has 0 saturated heterocycles. The van der Waals surface area contributed by atoms with Crippen molar-refractivity contribution >= 4 is 5.91 Å². The van der Waals surface area contributed by atoms with E-state index in [9.17, 15) is 4.79 Å². The number of rotatable bonds is 4. The van der Waals surface area contributed by atoms with Crippen molar-refractivity contribution in [1.82, 2.24) is 20.1 Å². The Bertz CT molecular complexity index is 905. The summed E-state index contributed by atoms with van der Waals surface area (Å²) in [7, 11) is 0. The molecular weight excluding hydrogens is 336 g/mol. The highest BCUT2D eigenvalue weighted by Crippen LogP contribution is 2.26. The van der Waals surface area contributed by atoms with E-state index in [1.54, 1.807) is 17.1 Å². The maximum atomic E-state index is 13.1. The third-order valence-corrected chi connectivity index (χ3v) is 5.34. The van der Waals surface area contributed by atoms with Crippen LogP contribution in [0.15, 0.2) is 61.1 Å². The number of benzene rings is 1. The van der Waals surface area contributed by atoms with Crippen molar-refractivity contribution in [2.45, 2.75) is 38.6 Å². The zero-order valence-corrected chi connectivity index (χ0v) is 15.5. The van der Waals surface area contributed by atoms with Gasteiger partial charge in [0, 0.05) is 30.2 Å². The molecule has 1 N–H and O–H groups in total. The second-order valence-corrected chi connectivity index (χ2v) is 7.25. The van der Waals surface area contributed by atoms with Crippen LogP contribution in [-0.4, -0.2) is 26.7 Å². The number of hydrogen-bond acceptors (Lipinski definition) is 3. The lowest BCUT2D eigenvalue weighted by atomic mass is 9.86. The minimum atomic E-state index is -0.0604. The van der Waals surface area contributed by atoms with E-state index in [4.69, 9.17) is 5.10 Å². The van der Waals surface area contributed by atoms with E-state index < -0.39 is 0 Å².